The van der Waals surface area contributed by atoms with Crippen LogP contribution in [-0.4, -0.2) is 39.5 Å². The molecule has 1 atom stereocenters. The summed E-state index contributed by atoms with van der Waals surface area (Å²) >= 11 is 0. The van der Waals surface area contributed by atoms with Crippen molar-refractivity contribution in [1.29, 1.82) is 0 Å². The molecule has 37 heavy (non-hydrogen) atoms. The van der Waals surface area contributed by atoms with Crippen molar-refractivity contribution in [3.05, 3.63) is 114 Å². The summed E-state index contributed by atoms with van der Waals surface area (Å²) in [7, 11) is 0. The van der Waals surface area contributed by atoms with Crippen molar-refractivity contribution < 1.29 is 14.7 Å². The molecule has 0 bridgehead atoms. The molecule has 2 amide bonds. The third-order valence-electron chi connectivity index (χ3n) is 6.02. The highest BCUT2D eigenvalue weighted by Gasteiger charge is 2.27. The molecule has 0 saturated heterocycles. The van der Waals surface area contributed by atoms with Gasteiger partial charge in [0.1, 0.15) is 11.8 Å². The molecule has 0 spiro atoms. The summed E-state index contributed by atoms with van der Waals surface area (Å²) in [5.41, 5.74) is 2.56. The maximum atomic E-state index is 13.6. The molecule has 8 nitrogen and oxygen atoms in total. The molecule has 3 aromatic carbocycles. The number of carbonyl (C=O) groups is 2. The minimum Gasteiger partial charge on any atom is -0.508 e. The SMILES string of the molecule is O=C(NCc1ccc(O)cc1)C(CCCNc1ncc[nH]1)NC(=O)C(c1ccccc1)c1ccccc1. The molecule has 1 aromatic heterocycles. The molecule has 5 N–H and O–H groups in total. The van der Waals surface area contributed by atoms with Gasteiger partial charge in [0.25, 0.3) is 0 Å². The fraction of sp³-hybridized carbons (Fsp3) is 0.207. The summed E-state index contributed by atoms with van der Waals surface area (Å²) in [6.45, 7) is 0.878. The second kappa shape index (κ2) is 12.9. The Morgan fingerprint density at radius 1 is 0.865 bits per heavy atom. The van der Waals surface area contributed by atoms with Gasteiger partial charge in [0.2, 0.25) is 11.8 Å². The van der Waals surface area contributed by atoms with Crippen LogP contribution in [0.4, 0.5) is 5.95 Å². The highest BCUT2D eigenvalue weighted by Crippen LogP contribution is 2.25. The molecule has 0 fully saturated rings. The van der Waals surface area contributed by atoms with Gasteiger partial charge in [0.05, 0.1) is 5.92 Å². The van der Waals surface area contributed by atoms with Crippen LogP contribution >= 0.6 is 0 Å². The Labute approximate surface area is 216 Å². The van der Waals surface area contributed by atoms with Gasteiger partial charge in [-0.25, -0.2) is 4.98 Å². The lowest BCUT2D eigenvalue weighted by molar-refractivity contribution is -0.129. The molecule has 8 heteroatoms. The topological polar surface area (TPSA) is 119 Å². The monoisotopic (exact) mass is 497 g/mol. The van der Waals surface area contributed by atoms with E-state index in [4.69, 9.17) is 0 Å². The number of aromatic hydroxyl groups is 1. The number of H-pyrrole nitrogens is 1. The number of carbonyl (C=O) groups excluding carboxylic acids is 2. The standard InChI is InChI=1S/C29H31N5O3/c35-24-15-13-21(14-16-24)20-33-27(36)25(12-7-17-30-29-31-18-19-32-29)34-28(37)26(22-8-3-1-4-9-22)23-10-5-2-6-11-23/h1-6,8-11,13-16,18-19,25-26,35H,7,12,17,20H2,(H,33,36)(H,34,37)(H2,30,31,32). The van der Waals surface area contributed by atoms with E-state index in [-0.39, 0.29) is 24.1 Å². The van der Waals surface area contributed by atoms with Crippen molar-refractivity contribution in [3.63, 3.8) is 0 Å². The molecular weight excluding hydrogens is 466 g/mol. The van der Waals surface area contributed by atoms with Crippen LogP contribution < -0.4 is 16.0 Å². The lowest BCUT2D eigenvalue weighted by Gasteiger charge is -2.23. The molecule has 0 saturated carbocycles. The van der Waals surface area contributed by atoms with Crippen LogP contribution in [0.15, 0.2) is 97.3 Å². The second-order valence-corrected chi connectivity index (χ2v) is 8.71. The summed E-state index contributed by atoms with van der Waals surface area (Å²) in [6.07, 6.45) is 4.47. The lowest BCUT2D eigenvalue weighted by Crippen LogP contribution is -2.48. The van der Waals surface area contributed by atoms with Gasteiger partial charge < -0.3 is 26.0 Å². The molecule has 0 aliphatic carbocycles. The number of aromatic amines is 1. The van der Waals surface area contributed by atoms with E-state index in [9.17, 15) is 14.7 Å². The van der Waals surface area contributed by atoms with Crippen molar-refractivity contribution in [3.8, 4) is 5.75 Å². The number of phenols is 1. The van der Waals surface area contributed by atoms with E-state index in [1.54, 1.807) is 36.7 Å². The zero-order chi connectivity index (χ0) is 25.9. The summed E-state index contributed by atoms with van der Waals surface area (Å²) in [4.78, 5) is 34.0. The van der Waals surface area contributed by atoms with Crippen molar-refractivity contribution in [2.24, 2.45) is 0 Å². The smallest absolute Gasteiger partial charge is 0.242 e. The number of nitrogens with zero attached hydrogens (tertiary/aromatic N) is 1. The van der Waals surface area contributed by atoms with E-state index >= 15 is 0 Å². The zero-order valence-corrected chi connectivity index (χ0v) is 20.4. The Bertz CT molecular complexity index is 1210. The van der Waals surface area contributed by atoms with Gasteiger partial charge in [-0.2, -0.15) is 0 Å². The van der Waals surface area contributed by atoms with Crippen LogP contribution in [0.2, 0.25) is 0 Å². The van der Waals surface area contributed by atoms with Gasteiger partial charge in [0.15, 0.2) is 5.95 Å². The van der Waals surface area contributed by atoms with E-state index in [2.05, 4.69) is 25.9 Å². The van der Waals surface area contributed by atoms with Gasteiger partial charge in [-0.1, -0.05) is 72.8 Å². The van der Waals surface area contributed by atoms with Crippen LogP contribution in [0, 0.1) is 0 Å². The van der Waals surface area contributed by atoms with Crippen molar-refractivity contribution in [2.45, 2.75) is 31.3 Å². The average Bonchev–Trinajstić information content (AvgIpc) is 3.45. The van der Waals surface area contributed by atoms with Crippen molar-refractivity contribution in [1.82, 2.24) is 20.6 Å². The first-order valence-electron chi connectivity index (χ1n) is 12.3. The molecule has 190 valence electrons. The van der Waals surface area contributed by atoms with E-state index in [0.717, 1.165) is 16.7 Å². The normalized spacial score (nSPS) is 11.6. The number of anilines is 1. The summed E-state index contributed by atoms with van der Waals surface area (Å²) in [5, 5.41) is 18.6. The van der Waals surface area contributed by atoms with Crippen molar-refractivity contribution >= 4 is 17.8 Å². The highest BCUT2D eigenvalue weighted by atomic mass is 16.3. The molecular formula is C29H31N5O3. The predicted molar refractivity (Wildman–Crippen MR) is 143 cm³/mol. The summed E-state index contributed by atoms with van der Waals surface area (Å²) in [6, 6.07) is 25.0. The van der Waals surface area contributed by atoms with Gasteiger partial charge in [0, 0.05) is 25.5 Å². The third-order valence-corrected chi connectivity index (χ3v) is 6.02. The first kappa shape index (κ1) is 25.5. The number of rotatable bonds is 12. The van der Waals surface area contributed by atoms with Crippen LogP contribution in [0.25, 0.3) is 0 Å². The molecule has 0 radical (unpaired) electrons. The van der Waals surface area contributed by atoms with Crippen LogP contribution in [0.5, 0.6) is 5.75 Å². The van der Waals surface area contributed by atoms with Crippen LogP contribution in [-0.2, 0) is 16.1 Å². The van der Waals surface area contributed by atoms with Crippen LogP contribution in [0.1, 0.15) is 35.4 Å². The quantitative estimate of drug-likeness (QED) is 0.190. The fourth-order valence-corrected chi connectivity index (χ4v) is 4.11. The Balaban J connectivity index is 1.47. The number of hydrogen-bond donors (Lipinski definition) is 5. The Morgan fingerprint density at radius 3 is 2.11 bits per heavy atom. The maximum absolute atomic E-state index is 13.6. The molecule has 1 heterocycles. The minimum absolute atomic E-state index is 0.164. The fourth-order valence-electron chi connectivity index (χ4n) is 4.11. The number of benzene rings is 3. The molecule has 1 unspecified atom stereocenters. The van der Waals surface area contributed by atoms with E-state index in [0.29, 0.717) is 25.3 Å². The Kier molecular flexibility index (Phi) is 8.91. The average molecular weight is 498 g/mol. The van der Waals surface area contributed by atoms with Crippen LogP contribution in [0.3, 0.4) is 0 Å². The lowest BCUT2D eigenvalue weighted by atomic mass is 9.90. The minimum atomic E-state index is -0.724. The first-order valence-corrected chi connectivity index (χ1v) is 12.3. The summed E-state index contributed by atoms with van der Waals surface area (Å²) < 4.78 is 0. The maximum Gasteiger partial charge on any atom is 0.242 e. The number of nitrogens with one attached hydrogen (secondary N) is 4. The van der Waals surface area contributed by atoms with Gasteiger partial charge in [-0.05, 0) is 41.7 Å². The largest absolute Gasteiger partial charge is 0.508 e. The highest BCUT2D eigenvalue weighted by molar-refractivity contribution is 5.92. The molecule has 4 aromatic rings. The molecule has 0 aliphatic rings. The zero-order valence-electron chi connectivity index (χ0n) is 20.4. The number of aromatic nitrogens is 2. The van der Waals surface area contributed by atoms with Gasteiger partial charge in [-0.15, -0.1) is 0 Å². The third kappa shape index (κ3) is 7.44. The number of amides is 2. The Morgan fingerprint density at radius 2 is 1.51 bits per heavy atom. The number of hydrogen-bond acceptors (Lipinski definition) is 5. The van der Waals surface area contributed by atoms with Gasteiger partial charge in [-0.3, -0.25) is 9.59 Å². The molecule has 4 rings (SSSR count). The second-order valence-electron chi connectivity index (χ2n) is 8.71. The number of imidazole rings is 1. The van der Waals surface area contributed by atoms with E-state index in [1.807, 2.05) is 60.7 Å². The molecule has 0 aliphatic heterocycles. The first-order chi connectivity index (χ1) is 18.1. The van der Waals surface area contributed by atoms with Gasteiger partial charge >= 0.3 is 0 Å². The number of phenolic OH excluding ortho intramolecular Hbond substituents is 1. The Hall–Kier alpha value is -4.59. The predicted octanol–water partition coefficient (Wildman–Crippen LogP) is 3.94. The summed E-state index contributed by atoms with van der Waals surface area (Å²) in [5.74, 6) is -0.223. The van der Waals surface area contributed by atoms with E-state index < -0.39 is 12.0 Å². The van der Waals surface area contributed by atoms with Crippen molar-refractivity contribution in [2.75, 3.05) is 11.9 Å². The van der Waals surface area contributed by atoms with E-state index in [1.165, 1.54) is 0 Å².